The van der Waals surface area contributed by atoms with Crippen molar-refractivity contribution in [1.82, 2.24) is 15.5 Å². The van der Waals surface area contributed by atoms with Gasteiger partial charge in [-0.05, 0) is 31.2 Å². The van der Waals surface area contributed by atoms with Crippen LogP contribution in [0.2, 0.25) is 0 Å². The molecule has 1 fully saturated rings. The highest BCUT2D eigenvalue weighted by molar-refractivity contribution is 7.98. The number of hydrogen-bond donors (Lipinski definition) is 1. The van der Waals surface area contributed by atoms with Crippen molar-refractivity contribution in [3.8, 4) is 0 Å². The Morgan fingerprint density at radius 3 is 3.00 bits per heavy atom. The van der Waals surface area contributed by atoms with Crippen molar-refractivity contribution < 1.29 is 9.32 Å². The van der Waals surface area contributed by atoms with Crippen molar-refractivity contribution in [3.63, 3.8) is 0 Å². The zero-order valence-corrected chi connectivity index (χ0v) is 12.7. The fourth-order valence-corrected chi connectivity index (χ4v) is 2.68. The molecule has 3 rings (SSSR count). The third-order valence-electron chi connectivity index (χ3n) is 3.40. The Kier molecular flexibility index (Phi) is 4.24. The van der Waals surface area contributed by atoms with Crippen molar-refractivity contribution in [2.45, 2.75) is 30.1 Å². The van der Waals surface area contributed by atoms with Gasteiger partial charge in [-0.3, -0.25) is 4.79 Å². The topological polar surface area (TPSA) is 68.0 Å². The number of thioether (sulfide) groups is 1. The maximum Gasteiger partial charge on any atom is 0.252 e. The van der Waals surface area contributed by atoms with E-state index in [0.717, 1.165) is 23.6 Å². The van der Waals surface area contributed by atoms with Crippen molar-refractivity contribution in [2.24, 2.45) is 0 Å². The van der Waals surface area contributed by atoms with Crippen LogP contribution in [0, 0.1) is 0 Å². The van der Waals surface area contributed by atoms with Crippen LogP contribution in [0.3, 0.4) is 0 Å². The van der Waals surface area contributed by atoms with E-state index in [9.17, 15) is 4.79 Å². The Balaban J connectivity index is 1.53. The minimum Gasteiger partial charge on any atom is -0.352 e. The lowest BCUT2D eigenvalue weighted by atomic mass is 10.2. The Bertz CT molecular complexity index is 637. The smallest absolute Gasteiger partial charge is 0.252 e. The van der Waals surface area contributed by atoms with Gasteiger partial charge in [-0.15, -0.1) is 11.8 Å². The normalized spacial score (nSPS) is 14.1. The molecule has 0 radical (unpaired) electrons. The first kappa shape index (κ1) is 14.1. The maximum atomic E-state index is 12.1. The van der Waals surface area contributed by atoms with Crippen LogP contribution in [-0.4, -0.2) is 28.8 Å². The summed E-state index contributed by atoms with van der Waals surface area (Å²) in [5.74, 6) is 1.81. The Morgan fingerprint density at radius 1 is 1.43 bits per heavy atom. The summed E-state index contributed by atoms with van der Waals surface area (Å²) in [6.45, 7) is 0.505. The van der Waals surface area contributed by atoms with Gasteiger partial charge < -0.3 is 9.84 Å². The molecule has 1 heterocycles. The Hall–Kier alpha value is -1.82. The highest BCUT2D eigenvalue weighted by Gasteiger charge is 2.29. The van der Waals surface area contributed by atoms with Crippen LogP contribution in [0.25, 0.3) is 0 Å². The summed E-state index contributed by atoms with van der Waals surface area (Å²) in [4.78, 5) is 17.5. The van der Waals surface area contributed by atoms with E-state index >= 15 is 0 Å². The molecule has 1 aliphatic carbocycles. The summed E-state index contributed by atoms with van der Waals surface area (Å²) >= 11 is 1.57. The first-order valence-corrected chi connectivity index (χ1v) is 8.24. The van der Waals surface area contributed by atoms with E-state index in [4.69, 9.17) is 4.52 Å². The molecule has 0 saturated heterocycles. The number of benzene rings is 1. The molecule has 2 aromatic rings. The number of carbonyl (C=O) groups is 1. The second-order valence-corrected chi connectivity index (χ2v) is 5.88. The Labute approximate surface area is 127 Å². The third kappa shape index (κ3) is 3.44. The molecular formula is C15H17N3O2S. The van der Waals surface area contributed by atoms with Gasteiger partial charge in [0.1, 0.15) is 0 Å². The summed E-state index contributed by atoms with van der Waals surface area (Å²) in [6.07, 6.45) is 4.84. The van der Waals surface area contributed by atoms with E-state index in [2.05, 4.69) is 15.5 Å². The molecule has 1 aromatic heterocycles. The van der Waals surface area contributed by atoms with Gasteiger partial charge in [0.05, 0.1) is 5.56 Å². The second kappa shape index (κ2) is 6.30. The van der Waals surface area contributed by atoms with Crippen LogP contribution in [0.1, 0.15) is 40.8 Å². The fourth-order valence-electron chi connectivity index (χ4n) is 2.08. The molecule has 1 aliphatic rings. The lowest BCUT2D eigenvalue weighted by Gasteiger charge is -2.07. The maximum absolute atomic E-state index is 12.1. The van der Waals surface area contributed by atoms with Gasteiger partial charge in [0.25, 0.3) is 5.91 Å². The van der Waals surface area contributed by atoms with E-state index in [1.807, 2.05) is 30.5 Å². The highest BCUT2D eigenvalue weighted by atomic mass is 32.2. The average molecular weight is 303 g/mol. The largest absolute Gasteiger partial charge is 0.352 e. The highest BCUT2D eigenvalue weighted by Crippen LogP contribution is 2.38. The molecule has 6 heteroatoms. The summed E-state index contributed by atoms with van der Waals surface area (Å²) in [7, 11) is 0. The van der Waals surface area contributed by atoms with Crippen molar-refractivity contribution >= 4 is 17.7 Å². The zero-order valence-electron chi connectivity index (χ0n) is 11.8. The molecule has 0 bridgehead atoms. The minimum absolute atomic E-state index is 0.0640. The number of hydrogen-bond acceptors (Lipinski definition) is 5. The minimum atomic E-state index is -0.0640. The SMILES string of the molecule is CSc1ccccc1C(=O)NCCc1noc(C2CC2)n1. The summed E-state index contributed by atoms with van der Waals surface area (Å²) < 4.78 is 5.19. The average Bonchev–Trinajstić information content (AvgIpc) is 3.27. The molecule has 110 valence electrons. The van der Waals surface area contributed by atoms with Gasteiger partial charge in [0, 0.05) is 23.8 Å². The lowest BCUT2D eigenvalue weighted by Crippen LogP contribution is -2.26. The number of nitrogens with zero attached hydrogens (tertiary/aromatic N) is 2. The second-order valence-electron chi connectivity index (χ2n) is 5.03. The van der Waals surface area contributed by atoms with E-state index in [1.165, 1.54) is 0 Å². The molecule has 0 unspecified atom stereocenters. The van der Waals surface area contributed by atoms with Crippen LogP contribution < -0.4 is 5.32 Å². The monoisotopic (exact) mass is 303 g/mol. The number of rotatable bonds is 6. The molecule has 1 aromatic carbocycles. The van der Waals surface area contributed by atoms with Gasteiger partial charge in [-0.2, -0.15) is 4.98 Å². The van der Waals surface area contributed by atoms with E-state index < -0.39 is 0 Å². The quantitative estimate of drug-likeness (QED) is 0.831. The Morgan fingerprint density at radius 2 is 2.24 bits per heavy atom. The van der Waals surface area contributed by atoms with Crippen LogP contribution >= 0.6 is 11.8 Å². The molecule has 21 heavy (non-hydrogen) atoms. The van der Waals surface area contributed by atoms with E-state index in [0.29, 0.717) is 30.3 Å². The number of aromatic nitrogens is 2. The standard InChI is InChI=1S/C15H17N3O2S/c1-21-12-5-3-2-4-11(12)14(19)16-9-8-13-17-15(20-18-13)10-6-7-10/h2-5,10H,6-9H2,1H3,(H,16,19). The first-order chi connectivity index (χ1) is 10.3. The van der Waals surface area contributed by atoms with Crippen LogP contribution in [0.15, 0.2) is 33.7 Å². The summed E-state index contributed by atoms with van der Waals surface area (Å²) in [6, 6.07) is 7.58. The number of nitrogens with one attached hydrogen (secondary N) is 1. The van der Waals surface area contributed by atoms with Crippen LogP contribution in [0.4, 0.5) is 0 Å². The molecule has 0 aliphatic heterocycles. The molecule has 1 amide bonds. The molecule has 0 spiro atoms. The molecule has 0 atom stereocenters. The molecular weight excluding hydrogens is 286 g/mol. The van der Waals surface area contributed by atoms with E-state index in [-0.39, 0.29) is 5.91 Å². The lowest BCUT2D eigenvalue weighted by molar-refractivity contribution is 0.0951. The summed E-state index contributed by atoms with van der Waals surface area (Å²) in [5.41, 5.74) is 0.705. The van der Waals surface area contributed by atoms with Gasteiger partial charge in [-0.1, -0.05) is 17.3 Å². The number of amides is 1. The molecule has 1 N–H and O–H groups in total. The third-order valence-corrected chi connectivity index (χ3v) is 4.19. The molecule has 1 saturated carbocycles. The van der Waals surface area contributed by atoms with Crippen molar-refractivity contribution in [2.75, 3.05) is 12.8 Å². The van der Waals surface area contributed by atoms with Crippen molar-refractivity contribution in [3.05, 3.63) is 41.5 Å². The zero-order chi connectivity index (χ0) is 14.7. The predicted octanol–water partition coefficient (Wildman–Crippen LogP) is 2.64. The van der Waals surface area contributed by atoms with Gasteiger partial charge >= 0.3 is 0 Å². The van der Waals surface area contributed by atoms with Crippen molar-refractivity contribution in [1.29, 1.82) is 0 Å². The van der Waals surface area contributed by atoms with Crippen LogP contribution in [-0.2, 0) is 6.42 Å². The first-order valence-electron chi connectivity index (χ1n) is 7.01. The van der Waals surface area contributed by atoms with Gasteiger partial charge in [0.2, 0.25) is 5.89 Å². The summed E-state index contributed by atoms with van der Waals surface area (Å²) in [5, 5.41) is 6.84. The van der Waals surface area contributed by atoms with Crippen LogP contribution in [0.5, 0.6) is 0 Å². The van der Waals surface area contributed by atoms with Gasteiger partial charge in [0.15, 0.2) is 5.82 Å². The number of carbonyl (C=O) groups excluding carboxylic acids is 1. The molecule has 5 nitrogen and oxygen atoms in total. The van der Waals surface area contributed by atoms with E-state index in [1.54, 1.807) is 11.8 Å². The fraction of sp³-hybridized carbons (Fsp3) is 0.400. The predicted molar refractivity (Wildman–Crippen MR) is 80.5 cm³/mol. The van der Waals surface area contributed by atoms with Gasteiger partial charge in [-0.25, -0.2) is 0 Å².